The first kappa shape index (κ1) is 16.8. The van der Waals surface area contributed by atoms with Gasteiger partial charge in [0, 0.05) is 6.92 Å². The summed E-state index contributed by atoms with van der Waals surface area (Å²) in [4.78, 5) is 11.2. The van der Waals surface area contributed by atoms with E-state index in [1.807, 2.05) is 30.3 Å². The standard InChI is InChI=1S/C15H20FNO5/c1-9(19)17-13-14(20)12(16)11(7-18)22-15(13)21-8-10-5-3-2-4-6-10/h2-6,11-15,18,20H,7-8H2,1H3,(H,17,19)/t11-,12-,13-,14+,15+/m1/s1. The number of aliphatic hydroxyl groups is 2. The maximum atomic E-state index is 13.9. The van der Waals surface area contributed by atoms with Crippen LogP contribution in [-0.4, -0.2) is 53.4 Å². The largest absolute Gasteiger partial charge is 0.394 e. The van der Waals surface area contributed by atoms with Crippen molar-refractivity contribution < 1.29 is 28.9 Å². The van der Waals surface area contributed by atoms with Crippen LogP contribution in [0.25, 0.3) is 0 Å². The minimum Gasteiger partial charge on any atom is -0.394 e. The molecular formula is C15H20FNO5. The summed E-state index contributed by atoms with van der Waals surface area (Å²) < 4.78 is 24.8. The van der Waals surface area contributed by atoms with Crippen LogP contribution in [0.3, 0.4) is 0 Å². The summed E-state index contributed by atoms with van der Waals surface area (Å²) in [5.41, 5.74) is 0.866. The molecule has 0 aliphatic carbocycles. The van der Waals surface area contributed by atoms with Gasteiger partial charge in [0.2, 0.25) is 5.91 Å². The Hall–Kier alpha value is -1.54. The lowest BCUT2D eigenvalue weighted by molar-refractivity contribution is -0.262. The van der Waals surface area contributed by atoms with Gasteiger partial charge in [0.25, 0.3) is 0 Å². The van der Waals surface area contributed by atoms with Crippen molar-refractivity contribution in [3.63, 3.8) is 0 Å². The van der Waals surface area contributed by atoms with Crippen molar-refractivity contribution in [2.75, 3.05) is 6.61 Å². The summed E-state index contributed by atoms with van der Waals surface area (Å²) >= 11 is 0. The zero-order chi connectivity index (χ0) is 16.1. The van der Waals surface area contributed by atoms with Crippen molar-refractivity contribution >= 4 is 5.91 Å². The third-order valence-corrected chi connectivity index (χ3v) is 3.46. The van der Waals surface area contributed by atoms with Crippen molar-refractivity contribution in [3.05, 3.63) is 35.9 Å². The lowest BCUT2D eigenvalue weighted by Crippen LogP contribution is -2.63. The van der Waals surface area contributed by atoms with Crippen LogP contribution in [0.5, 0.6) is 0 Å². The molecule has 122 valence electrons. The Morgan fingerprint density at radius 3 is 2.68 bits per heavy atom. The predicted molar refractivity (Wildman–Crippen MR) is 75.5 cm³/mol. The fourth-order valence-corrected chi connectivity index (χ4v) is 2.34. The van der Waals surface area contributed by atoms with Gasteiger partial charge < -0.3 is 25.0 Å². The zero-order valence-electron chi connectivity index (χ0n) is 12.2. The van der Waals surface area contributed by atoms with Crippen LogP contribution in [0.2, 0.25) is 0 Å². The fourth-order valence-electron chi connectivity index (χ4n) is 2.34. The van der Waals surface area contributed by atoms with Crippen LogP contribution in [0.15, 0.2) is 30.3 Å². The Kier molecular flexibility index (Phi) is 5.84. The minimum atomic E-state index is -1.81. The van der Waals surface area contributed by atoms with Crippen molar-refractivity contribution in [3.8, 4) is 0 Å². The monoisotopic (exact) mass is 313 g/mol. The molecule has 0 unspecified atom stereocenters. The molecule has 2 rings (SSSR count). The SMILES string of the molecule is CC(=O)N[C@H]1[C@@H](OCc2ccccc2)O[C@H](CO)[C@@H](F)[C@@H]1O. The molecule has 5 atom stereocenters. The summed E-state index contributed by atoms with van der Waals surface area (Å²) in [5, 5.41) is 21.6. The number of ether oxygens (including phenoxy) is 2. The molecule has 0 aromatic heterocycles. The highest BCUT2D eigenvalue weighted by molar-refractivity contribution is 5.73. The van der Waals surface area contributed by atoms with Gasteiger partial charge >= 0.3 is 0 Å². The van der Waals surface area contributed by atoms with Gasteiger partial charge in [0.05, 0.1) is 13.2 Å². The van der Waals surface area contributed by atoms with Gasteiger partial charge in [-0.05, 0) is 5.56 Å². The molecule has 0 saturated carbocycles. The van der Waals surface area contributed by atoms with Gasteiger partial charge in [-0.25, -0.2) is 4.39 Å². The number of rotatable bonds is 5. The summed E-state index contributed by atoms with van der Waals surface area (Å²) in [6.07, 6.45) is -5.57. The van der Waals surface area contributed by atoms with Gasteiger partial charge in [-0.2, -0.15) is 0 Å². The predicted octanol–water partition coefficient (Wildman–Crippen LogP) is 0.124. The molecule has 1 aliphatic rings. The smallest absolute Gasteiger partial charge is 0.217 e. The third kappa shape index (κ3) is 4.01. The van der Waals surface area contributed by atoms with Crippen molar-refractivity contribution in [2.24, 2.45) is 0 Å². The van der Waals surface area contributed by atoms with E-state index in [4.69, 9.17) is 14.6 Å². The van der Waals surface area contributed by atoms with E-state index in [0.717, 1.165) is 5.56 Å². The molecule has 1 amide bonds. The fraction of sp³-hybridized carbons (Fsp3) is 0.533. The number of hydrogen-bond donors (Lipinski definition) is 3. The molecule has 7 heteroatoms. The first-order chi connectivity index (χ1) is 10.5. The van der Waals surface area contributed by atoms with Crippen molar-refractivity contribution in [1.82, 2.24) is 5.32 Å². The van der Waals surface area contributed by atoms with Crippen LogP contribution >= 0.6 is 0 Å². The van der Waals surface area contributed by atoms with Crippen LogP contribution in [0.4, 0.5) is 4.39 Å². The highest BCUT2D eigenvalue weighted by Crippen LogP contribution is 2.25. The van der Waals surface area contributed by atoms with E-state index in [2.05, 4.69) is 5.32 Å². The van der Waals surface area contributed by atoms with Crippen molar-refractivity contribution in [2.45, 2.75) is 44.2 Å². The van der Waals surface area contributed by atoms with Crippen LogP contribution in [-0.2, 0) is 20.9 Å². The number of amides is 1. The molecule has 0 spiro atoms. The summed E-state index contributed by atoms with van der Waals surface area (Å²) in [6, 6.07) is 8.19. The van der Waals surface area contributed by atoms with Crippen LogP contribution in [0.1, 0.15) is 12.5 Å². The maximum Gasteiger partial charge on any atom is 0.217 e. The average Bonchev–Trinajstić information content (AvgIpc) is 2.52. The normalized spacial score (nSPS) is 31.7. The van der Waals surface area contributed by atoms with E-state index in [0.29, 0.717) is 0 Å². The number of halogens is 1. The maximum absolute atomic E-state index is 13.9. The highest BCUT2D eigenvalue weighted by Gasteiger charge is 2.46. The number of carbonyl (C=O) groups excluding carboxylic acids is 1. The number of benzene rings is 1. The lowest BCUT2D eigenvalue weighted by Gasteiger charge is -2.41. The lowest BCUT2D eigenvalue weighted by atomic mass is 9.98. The summed E-state index contributed by atoms with van der Waals surface area (Å²) in [7, 11) is 0. The second-order valence-electron chi connectivity index (χ2n) is 5.18. The Morgan fingerprint density at radius 1 is 1.41 bits per heavy atom. The highest BCUT2D eigenvalue weighted by atomic mass is 19.1. The van der Waals surface area contributed by atoms with Gasteiger partial charge in [-0.3, -0.25) is 4.79 Å². The molecule has 1 aromatic rings. The van der Waals surface area contributed by atoms with E-state index in [-0.39, 0.29) is 6.61 Å². The molecule has 22 heavy (non-hydrogen) atoms. The van der Waals surface area contributed by atoms with Crippen LogP contribution < -0.4 is 5.32 Å². The first-order valence-corrected chi connectivity index (χ1v) is 7.04. The van der Waals surface area contributed by atoms with E-state index in [1.165, 1.54) is 6.92 Å². The quantitative estimate of drug-likeness (QED) is 0.719. The molecule has 1 heterocycles. The Labute approximate surface area is 127 Å². The Morgan fingerprint density at radius 2 is 2.09 bits per heavy atom. The van der Waals surface area contributed by atoms with E-state index < -0.39 is 43.2 Å². The van der Waals surface area contributed by atoms with Gasteiger partial charge in [0.1, 0.15) is 18.2 Å². The molecule has 1 aromatic carbocycles. The molecule has 1 saturated heterocycles. The zero-order valence-corrected chi connectivity index (χ0v) is 12.2. The van der Waals surface area contributed by atoms with E-state index in [1.54, 1.807) is 0 Å². The summed E-state index contributed by atoms with van der Waals surface area (Å²) in [5.74, 6) is -0.435. The molecule has 0 radical (unpaired) electrons. The van der Waals surface area contributed by atoms with Crippen molar-refractivity contribution in [1.29, 1.82) is 0 Å². The molecule has 1 fully saturated rings. The van der Waals surface area contributed by atoms with Gasteiger partial charge in [0.15, 0.2) is 12.5 Å². The van der Waals surface area contributed by atoms with E-state index in [9.17, 15) is 14.3 Å². The number of hydrogen-bond acceptors (Lipinski definition) is 5. The third-order valence-electron chi connectivity index (χ3n) is 3.46. The number of nitrogens with one attached hydrogen (secondary N) is 1. The first-order valence-electron chi connectivity index (χ1n) is 7.04. The Bertz CT molecular complexity index is 486. The Balaban J connectivity index is 2.07. The van der Waals surface area contributed by atoms with E-state index >= 15 is 0 Å². The molecule has 0 bridgehead atoms. The molecule has 6 nitrogen and oxygen atoms in total. The topological polar surface area (TPSA) is 88.0 Å². The number of alkyl halides is 1. The number of aliphatic hydroxyl groups excluding tert-OH is 2. The molecular weight excluding hydrogens is 293 g/mol. The van der Waals surface area contributed by atoms with Gasteiger partial charge in [-0.1, -0.05) is 30.3 Å². The van der Waals surface area contributed by atoms with Crippen LogP contribution in [0, 0.1) is 0 Å². The summed E-state index contributed by atoms with van der Waals surface area (Å²) in [6.45, 7) is 0.839. The van der Waals surface area contributed by atoms with Gasteiger partial charge in [-0.15, -0.1) is 0 Å². The average molecular weight is 313 g/mol. The number of carbonyl (C=O) groups is 1. The second kappa shape index (κ2) is 7.64. The molecule has 3 N–H and O–H groups in total. The second-order valence-corrected chi connectivity index (χ2v) is 5.18. The minimum absolute atomic E-state index is 0.170. The molecule has 1 aliphatic heterocycles.